The molecule has 2 N–H and O–H groups in total. The average Bonchev–Trinajstić information content (AvgIpc) is 4.13. The van der Waals surface area contributed by atoms with E-state index in [1.54, 1.807) is 7.11 Å². The fraction of sp³-hybridized carbons (Fsp3) is 0.949. The van der Waals surface area contributed by atoms with Gasteiger partial charge in [-0.2, -0.15) is 5.10 Å². The Morgan fingerprint density at radius 1 is 0.562 bits per heavy atom. The standard InChI is InChI=1S/C10H19NO.C9H16N2.C9H19NO2.2C9H17NO.C8H17NO.C5H12O/c1-10(2,3)11-6-8-4-5-9(7-11)12-8;1-7-6-8(2)11(10-7)9(3,4)5;1-8(2,3)10-4-9(5-10,6-11)7-12;2*1-9(2,3)10-5-8-4-7(10)6-11-8;1-8(2,3)9-4-6-10-7-5-9;1-5(2,3)6-4/h8-9H,4-7H2,1-3H3;6H,1-5H3;11-12H,4-7H2,1-3H3;2*7-8H,4-6H2,1-3H3;4-7H2,1-3H3;1-4H3/t;;;2*7-,8-;;/m...10../s1. The Labute approximate surface area is 448 Å². The van der Waals surface area contributed by atoms with E-state index in [9.17, 15) is 0 Å². The van der Waals surface area contributed by atoms with E-state index in [2.05, 4.69) is 172 Å². The van der Waals surface area contributed by atoms with Crippen LogP contribution < -0.4 is 0 Å². The van der Waals surface area contributed by atoms with E-state index >= 15 is 0 Å². The van der Waals surface area contributed by atoms with Gasteiger partial charge >= 0.3 is 0 Å². The summed E-state index contributed by atoms with van der Waals surface area (Å²) < 4.78 is 29.1. The first kappa shape index (κ1) is 66.0. The maximum absolute atomic E-state index is 9.03. The van der Waals surface area contributed by atoms with Crippen LogP contribution in [-0.4, -0.2) is 213 Å². The van der Waals surface area contributed by atoms with E-state index in [0.717, 1.165) is 84.5 Å². The van der Waals surface area contributed by atoms with Crippen LogP contribution in [0.25, 0.3) is 0 Å². The molecular formula is C59H117N7O7. The first-order valence-electron chi connectivity index (χ1n) is 28.3. The summed E-state index contributed by atoms with van der Waals surface area (Å²) in [5.74, 6) is 0. The molecule has 0 radical (unpaired) electrons. The summed E-state index contributed by atoms with van der Waals surface area (Å²) in [6.07, 6.45) is 7.22. The number of aryl methyl sites for hydroxylation is 2. The molecule has 1 aromatic rings. The maximum atomic E-state index is 9.03. The van der Waals surface area contributed by atoms with Crippen molar-refractivity contribution in [3.05, 3.63) is 17.5 Å². The second-order valence-electron chi connectivity index (χ2n) is 29.3. The SMILES string of the molecule is CC(C)(C)N1CC(CO)(CO)C1.CC(C)(C)N1CC2CCC(C1)O2.CC(C)(C)N1CCOCC1.CC(C)(C)N1C[C@@H]2C[C@H]1CO2.CC(C)(C)N1C[C@H]2C[C@@H]1CO2.COC(C)(C)C.Cc1cc(C)n(C(C)(C)C)n1. The van der Waals surface area contributed by atoms with Gasteiger partial charge in [-0.25, -0.2) is 0 Å². The number of hydrogen-bond donors (Lipinski definition) is 2. The molecule has 0 saturated carbocycles. The molecule has 0 spiro atoms. The van der Waals surface area contributed by atoms with E-state index in [0.29, 0.717) is 58.7 Å². The molecule has 9 rings (SSSR count). The number of morpholine rings is 4. The van der Waals surface area contributed by atoms with E-state index in [-0.39, 0.29) is 35.3 Å². The highest BCUT2D eigenvalue weighted by atomic mass is 16.5. The van der Waals surface area contributed by atoms with Crippen molar-refractivity contribution in [2.24, 2.45) is 5.41 Å². The summed E-state index contributed by atoms with van der Waals surface area (Å²) in [4.78, 5) is 12.4. The lowest BCUT2D eigenvalue weighted by Gasteiger charge is -2.54. The van der Waals surface area contributed by atoms with Crippen molar-refractivity contribution < 1.29 is 33.9 Å². The normalized spacial score (nSPS) is 27.6. The third-order valence-electron chi connectivity index (χ3n) is 15.4. The van der Waals surface area contributed by atoms with Gasteiger partial charge < -0.3 is 33.9 Å². The highest BCUT2D eigenvalue weighted by Crippen LogP contribution is 2.36. The Morgan fingerprint density at radius 2 is 0.959 bits per heavy atom. The molecule has 0 aliphatic carbocycles. The lowest BCUT2D eigenvalue weighted by molar-refractivity contribution is -0.111. The molecule has 2 unspecified atom stereocenters. The van der Waals surface area contributed by atoms with Gasteiger partial charge in [0.15, 0.2) is 0 Å². The second kappa shape index (κ2) is 26.6. The molecule has 8 aliphatic heterocycles. The Bertz CT molecular complexity index is 1670. The molecule has 8 fully saturated rings. The number of ether oxygens (including phenoxy) is 5. The summed E-state index contributed by atoms with van der Waals surface area (Å²) in [7, 11) is 1.71. The predicted molar refractivity (Wildman–Crippen MR) is 302 cm³/mol. The van der Waals surface area contributed by atoms with E-state index < -0.39 is 0 Å². The quantitative estimate of drug-likeness (QED) is 0.294. The number of aliphatic hydroxyl groups is 2. The summed E-state index contributed by atoms with van der Waals surface area (Å²) in [5, 5.41) is 22.5. The zero-order chi connectivity index (χ0) is 55.8. The van der Waals surface area contributed by atoms with Crippen molar-refractivity contribution in [1.29, 1.82) is 0 Å². The van der Waals surface area contributed by atoms with Crippen LogP contribution in [0, 0.1) is 19.3 Å². The zero-order valence-corrected chi connectivity index (χ0v) is 51.8. The summed E-state index contributed by atoms with van der Waals surface area (Å²) in [5.41, 5.74) is 3.73. The summed E-state index contributed by atoms with van der Waals surface area (Å²) >= 11 is 0. The Morgan fingerprint density at radius 3 is 1.18 bits per heavy atom. The molecule has 430 valence electrons. The molecule has 14 heteroatoms. The number of hydrogen-bond acceptors (Lipinski definition) is 13. The van der Waals surface area contributed by atoms with Gasteiger partial charge in [0, 0.05) is 110 Å². The Kier molecular flexibility index (Phi) is 24.0. The lowest BCUT2D eigenvalue weighted by atomic mass is 9.78. The van der Waals surface area contributed by atoms with Crippen molar-refractivity contribution in [2.75, 3.05) is 99.1 Å². The molecule has 8 aliphatic rings. The molecule has 14 nitrogen and oxygen atoms in total. The summed E-state index contributed by atoms with van der Waals surface area (Å²) in [6, 6.07) is 3.52. The first-order chi connectivity index (χ1) is 33.2. The van der Waals surface area contributed by atoms with Gasteiger partial charge in [0.05, 0.1) is 80.9 Å². The van der Waals surface area contributed by atoms with Crippen molar-refractivity contribution in [1.82, 2.24) is 34.3 Å². The van der Waals surface area contributed by atoms with E-state index in [4.69, 9.17) is 33.9 Å². The number of aromatic nitrogens is 2. The van der Waals surface area contributed by atoms with Crippen LogP contribution in [-0.2, 0) is 29.2 Å². The van der Waals surface area contributed by atoms with Gasteiger partial charge in [-0.1, -0.05) is 0 Å². The molecule has 1 aromatic heterocycles. The minimum absolute atomic E-state index is 0.0417. The number of nitrogens with zero attached hydrogens (tertiary/aromatic N) is 7. The summed E-state index contributed by atoms with van der Waals surface area (Å²) in [6.45, 7) is 62.7. The smallest absolute Gasteiger partial charge is 0.0718 e. The lowest BCUT2D eigenvalue weighted by Crippen LogP contribution is -2.65. The minimum atomic E-state index is -0.229. The molecule has 0 amide bonds. The number of aliphatic hydroxyl groups excluding tert-OH is 2. The van der Waals surface area contributed by atoms with E-state index in [1.807, 2.05) is 27.7 Å². The fourth-order valence-electron chi connectivity index (χ4n) is 10.6. The topological polar surface area (TPSA) is 121 Å². The van der Waals surface area contributed by atoms with Crippen molar-refractivity contribution >= 4 is 0 Å². The third-order valence-corrected chi connectivity index (χ3v) is 15.4. The number of rotatable bonds is 2. The number of fused-ring (bicyclic) bond motifs is 6. The highest BCUT2D eigenvalue weighted by molar-refractivity contribution is 5.08. The molecular weight excluding hydrogens is 919 g/mol. The molecule has 8 saturated heterocycles. The average molecular weight is 1040 g/mol. The Balaban J connectivity index is 0.000000226. The maximum Gasteiger partial charge on any atom is 0.0718 e. The minimum Gasteiger partial charge on any atom is -0.396 e. The van der Waals surface area contributed by atoms with Crippen LogP contribution in [0.3, 0.4) is 0 Å². The van der Waals surface area contributed by atoms with Gasteiger partial charge in [0.2, 0.25) is 0 Å². The largest absolute Gasteiger partial charge is 0.396 e. The van der Waals surface area contributed by atoms with Gasteiger partial charge in [0.25, 0.3) is 0 Å². The second-order valence-corrected chi connectivity index (χ2v) is 29.3. The van der Waals surface area contributed by atoms with Crippen molar-refractivity contribution in [2.45, 2.75) is 260 Å². The monoisotopic (exact) mass is 1040 g/mol. The van der Waals surface area contributed by atoms with Gasteiger partial charge in [-0.3, -0.25) is 29.2 Å². The van der Waals surface area contributed by atoms with Crippen LogP contribution in [0.2, 0.25) is 0 Å². The molecule has 6 atom stereocenters. The van der Waals surface area contributed by atoms with Gasteiger partial charge in [0.1, 0.15) is 0 Å². The first-order valence-corrected chi connectivity index (χ1v) is 28.3. The van der Waals surface area contributed by atoms with Crippen molar-refractivity contribution in [3.63, 3.8) is 0 Å². The molecule has 0 aromatic carbocycles. The molecule has 73 heavy (non-hydrogen) atoms. The van der Waals surface area contributed by atoms with E-state index in [1.165, 1.54) is 31.4 Å². The van der Waals surface area contributed by atoms with Crippen LogP contribution in [0.1, 0.15) is 182 Å². The van der Waals surface area contributed by atoms with Gasteiger partial charge in [-0.15, -0.1) is 0 Å². The van der Waals surface area contributed by atoms with Crippen LogP contribution in [0.4, 0.5) is 0 Å². The Hall–Kier alpha value is -1.27. The molecule has 6 bridgehead atoms. The zero-order valence-electron chi connectivity index (χ0n) is 51.8. The predicted octanol–water partition coefficient (Wildman–Crippen LogP) is 9.04. The van der Waals surface area contributed by atoms with Crippen molar-refractivity contribution in [3.8, 4) is 0 Å². The molecule has 9 heterocycles. The third kappa shape index (κ3) is 21.5. The van der Waals surface area contributed by atoms with Crippen LogP contribution in [0.15, 0.2) is 6.07 Å². The van der Waals surface area contributed by atoms with Gasteiger partial charge in [-0.05, 0) is 191 Å². The van der Waals surface area contributed by atoms with Crippen LogP contribution in [0.5, 0.6) is 0 Å². The van der Waals surface area contributed by atoms with Crippen LogP contribution >= 0.6 is 0 Å². The fourth-order valence-corrected chi connectivity index (χ4v) is 10.6. The highest BCUT2D eigenvalue weighted by Gasteiger charge is 2.47. The number of likely N-dealkylation sites (tertiary alicyclic amines) is 4. The number of methoxy groups -OCH3 is 1.